The maximum absolute atomic E-state index is 12.0. The molecule has 20 heavy (non-hydrogen) atoms. The summed E-state index contributed by atoms with van der Waals surface area (Å²) in [7, 11) is 0. The van der Waals surface area contributed by atoms with Crippen molar-refractivity contribution in [3.8, 4) is 5.75 Å². The molecule has 1 aromatic rings. The van der Waals surface area contributed by atoms with Crippen LogP contribution in [-0.2, 0) is 9.53 Å². The van der Waals surface area contributed by atoms with Crippen LogP contribution in [0, 0.1) is 0 Å². The standard InChI is InChI=1S/C15H21NO3S/c1-2-19-14-6-4-3-5-13(14)16-15(17)11-20-12-7-9-18-10-8-12/h3-6,12H,2,7-11H2,1H3,(H,16,17). The summed E-state index contributed by atoms with van der Waals surface area (Å²) < 4.78 is 10.8. The van der Waals surface area contributed by atoms with E-state index in [2.05, 4.69) is 5.32 Å². The highest BCUT2D eigenvalue weighted by Crippen LogP contribution is 2.25. The van der Waals surface area contributed by atoms with Crippen molar-refractivity contribution in [1.82, 2.24) is 0 Å². The normalized spacial score (nSPS) is 15.8. The van der Waals surface area contributed by atoms with Crippen LogP contribution in [0.3, 0.4) is 0 Å². The molecule has 0 unspecified atom stereocenters. The number of rotatable bonds is 6. The molecule has 110 valence electrons. The van der Waals surface area contributed by atoms with Crippen LogP contribution in [-0.4, -0.2) is 36.7 Å². The molecule has 0 bridgehead atoms. The van der Waals surface area contributed by atoms with Gasteiger partial charge in [-0.15, -0.1) is 11.8 Å². The van der Waals surface area contributed by atoms with Gasteiger partial charge in [0.05, 0.1) is 18.0 Å². The van der Waals surface area contributed by atoms with Crippen molar-refractivity contribution in [2.75, 3.05) is 30.9 Å². The van der Waals surface area contributed by atoms with Gasteiger partial charge in [-0.2, -0.15) is 0 Å². The van der Waals surface area contributed by atoms with Gasteiger partial charge in [0.25, 0.3) is 0 Å². The van der Waals surface area contributed by atoms with Gasteiger partial charge >= 0.3 is 0 Å². The molecule has 4 nitrogen and oxygen atoms in total. The monoisotopic (exact) mass is 295 g/mol. The van der Waals surface area contributed by atoms with E-state index in [4.69, 9.17) is 9.47 Å². The molecule has 1 fully saturated rings. The summed E-state index contributed by atoms with van der Waals surface area (Å²) in [4.78, 5) is 12.0. The zero-order chi connectivity index (χ0) is 14.2. The third kappa shape index (κ3) is 4.72. The van der Waals surface area contributed by atoms with Gasteiger partial charge in [0.15, 0.2) is 0 Å². The minimum Gasteiger partial charge on any atom is -0.492 e. The van der Waals surface area contributed by atoms with E-state index in [0.717, 1.165) is 37.5 Å². The number of nitrogens with one attached hydrogen (secondary N) is 1. The van der Waals surface area contributed by atoms with Crippen LogP contribution in [0.15, 0.2) is 24.3 Å². The summed E-state index contributed by atoms with van der Waals surface area (Å²) in [5.74, 6) is 1.22. The van der Waals surface area contributed by atoms with Crippen molar-refractivity contribution < 1.29 is 14.3 Å². The van der Waals surface area contributed by atoms with E-state index < -0.39 is 0 Å². The van der Waals surface area contributed by atoms with Crippen molar-refractivity contribution in [2.24, 2.45) is 0 Å². The maximum atomic E-state index is 12.0. The largest absolute Gasteiger partial charge is 0.492 e. The summed E-state index contributed by atoms with van der Waals surface area (Å²) in [5.41, 5.74) is 0.743. The molecule has 1 amide bonds. The second kappa shape index (κ2) is 8.17. The van der Waals surface area contributed by atoms with Crippen LogP contribution >= 0.6 is 11.8 Å². The Morgan fingerprint density at radius 3 is 2.90 bits per heavy atom. The lowest BCUT2D eigenvalue weighted by Gasteiger charge is -2.21. The number of carbonyl (C=O) groups excluding carboxylic acids is 1. The Kier molecular flexibility index (Phi) is 6.21. The average molecular weight is 295 g/mol. The van der Waals surface area contributed by atoms with Crippen molar-refractivity contribution in [3.05, 3.63) is 24.3 Å². The Labute approximate surface area is 124 Å². The van der Waals surface area contributed by atoms with E-state index in [1.54, 1.807) is 11.8 Å². The first-order chi connectivity index (χ1) is 9.79. The van der Waals surface area contributed by atoms with E-state index in [-0.39, 0.29) is 5.91 Å². The molecule has 5 heteroatoms. The minimum absolute atomic E-state index is 0.0219. The number of hydrogen-bond donors (Lipinski definition) is 1. The molecule has 0 spiro atoms. The van der Waals surface area contributed by atoms with Crippen LogP contribution < -0.4 is 10.1 Å². The zero-order valence-electron chi connectivity index (χ0n) is 11.8. The summed E-state index contributed by atoms with van der Waals surface area (Å²) in [6.07, 6.45) is 2.07. The molecular weight excluding hydrogens is 274 g/mol. The van der Waals surface area contributed by atoms with Gasteiger partial charge in [-0.3, -0.25) is 4.79 Å². The van der Waals surface area contributed by atoms with Gasteiger partial charge in [-0.25, -0.2) is 0 Å². The Balaban J connectivity index is 1.81. The fourth-order valence-electron chi connectivity index (χ4n) is 2.07. The molecule has 0 saturated carbocycles. The Hall–Kier alpha value is -1.20. The van der Waals surface area contributed by atoms with Crippen molar-refractivity contribution >= 4 is 23.4 Å². The third-order valence-electron chi connectivity index (χ3n) is 3.08. The Morgan fingerprint density at radius 2 is 2.15 bits per heavy atom. The van der Waals surface area contributed by atoms with E-state index in [1.807, 2.05) is 31.2 Å². The predicted octanol–water partition coefficient (Wildman–Crippen LogP) is 2.94. The molecule has 1 aromatic carbocycles. The first-order valence-electron chi connectivity index (χ1n) is 7.00. The number of amides is 1. The van der Waals surface area contributed by atoms with Gasteiger partial charge in [-0.1, -0.05) is 12.1 Å². The lowest BCUT2D eigenvalue weighted by atomic mass is 10.2. The molecule has 0 aliphatic carbocycles. The number of benzene rings is 1. The second-order valence-corrected chi connectivity index (χ2v) is 5.89. The fraction of sp³-hybridized carbons (Fsp3) is 0.533. The Bertz CT molecular complexity index is 433. The summed E-state index contributed by atoms with van der Waals surface area (Å²) in [6.45, 7) is 4.14. The average Bonchev–Trinajstić information content (AvgIpc) is 2.49. The van der Waals surface area contributed by atoms with Crippen LogP contribution in [0.25, 0.3) is 0 Å². The predicted molar refractivity (Wildman–Crippen MR) is 82.5 cm³/mol. The molecule has 1 aliphatic heterocycles. The number of hydrogen-bond acceptors (Lipinski definition) is 4. The van der Waals surface area contributed by atoms with Crippen molar-refractivity contribution in [2.45, 2.75) is 25.0 Å². The summed E-state index contributed by atoms with van der Waals surface area (Å²) in [5, 5.41) is 3.46. The minimum atomic E-state index is 0.0219. The maximum Gasteiger partial charge on any atom is 0.234 e. The first kappa shape index (κ1) is 15.2. The van der Waals surface area contributed by atoms with Gasteiger partial charge in [0.2, 0.25) is 5.91 Å². The number of ether oxygens (including phenoxy) is 2. The van der Waals surface area contributed by atoms with Crippen LogP contribution in [0.5, 0.6) is 5.75 Å². The second-order valence-electron chi connectivity index (χ2n) is 4.60. The molecule has 0 radical (unpaired) electrons. The number of para-hydroxylation sites is 2. The molecule has 1 saturated heterocycles. The number of carbonyl (C=O) groups is 1. The highest BCUT2D eigenvalue weighted by Gasteiger charge is 2.16. The highest BCUT2D eigenvalue weighted by molar-refractivity contribution is 8.00. The molecular formula is C15H21NO3S. The van der Waals surface area contributed by atoms with Crippen LogP contribution in [0.4, 0.5) is 5.69 Å². The van der Waals surface area contributed by atoms with Crippen LogP contribution in [0.2, 0.25) is 0 Å². The van der Waals surface area contributed by atoms with Gasteiger partial charge in [0, 0.05) is 18.5 Å². The third-order valence-corrected chi connectivity index (χ3v) is 4.45. The number of thioether (sulfide) groups is 1. The summed E-state index contributed by atoms with van der Waals surface area (Å²) >= 11 is 1.71. The van der Waals surface area contributed by atoms with Gasteiger partial charge < -0.3 is 14.8 Å². The molecule has 1 heterocycles. The molecule has 2 rings (SSSR count). The van der Waals surface area contributed by atoms with E-state index in [1.165, 1.54) is 0 Å². The molecule has 1 N–H and O–H groups in total. The fourth-order valence-corrected chi connectivity index (χ4v) is 3.06. The lowest BCUT2D eigenvalue weighted by molar-refractivity contribution is -0.113. The van der Waals surface area contributed by atoms with Gasteiger partial charge in [0.1, 0.15) is 5.75 Å². The van der Waals surface area contributed by atoms with Crippen LogP contribution in [0.1, 0.15) is 19.8 Å². The van der Waals surface area contributed by atoms with E-state index >= 15 is 0 Å². The molecule has 0 atom stereocenters. The highest BCUT2D eigenvalue weighted by atomic mass is 32.2. The van der Waals surface area contributed by atoms with Gasteiger partial charge in [-0.05, 0) is 31.9 Å². The molecule has 1 aliphatic rings. The van der Waals surface area contributed by atoms with E-state index in [0.29, 0.717) is 17.6 Å². The van der Waals surface area contributed by atoms with E-state index in [9.17, 15) is 4.79 Å². The molecule has 0 aromatic heterocycles. The SMILES string of the molecule is CCOc1ccccc1NC(=O)CSC1CCOCC1. The topological polar surface area (TPSA) is 47.6 Å². The van der Waals surface area contributed by atoms with Crippen molar-refractivity contribution in [3.63, 3.8) is 0 Å². The zero-order valence-corrected chi connectivity index (χ0v) is 12.6. The number of anilines is 1. The first-order valence-corrected chi connectivity index (χ1v) is 8.05. The Morgan fingerprint density at radius 1 is 1.40 bits per heavy atom. The van der Waals surface area contributed by atoms with Crippen molar-refractivity contribution in [1.29, 1.82) is 0 Å². The quantitative estimate of drug-likeness (QED) is 0.876. The summed E-state index contributed by atoms with van der Waals surface area (Å²) in [6, 6.07) is 7.52. The lowest BCUT2D eigenvalue weighted by Crippen LogP contribution is -2.21. The smallest absolute Gasteiger partial charge is 0.234 e.